The Balaban J connectivity index is 0.00000324. The minimum atomic E-state index is -0.796. The van der Waals surface area contributed by atoms with Gasteiger partial charge >= 0.3 is 0 Å². The smallest absolute Gasteiger partial charge is 0.224 e. The highest BCUT2D eigenvalue weighted by atomic mass is 35.5. The molecule has 4 N–H and O–H groups in total. The van der Waals surface area contributed by atoms with E-state index in [1.165, 1.54) is 0 Å². The number of ether oxygens (including phenoxy) is 1. The Morgan fingerprint density at radius 1 is 1.47 bits per heavy atom. The van der Waals surface area contributed by atoms with E-state index in [1.54, 1.807) is 26.2 Å². The zero-order valence-electron chi connectivity index (χ0n) is 11.1. The molecule has 0 saturated heterocycles. The van der Waals surface area contributed by atoms with E-state index in [0.717, 1.165) is 0 Å². The van der Waals surface area contributed by atoms with Crippen molar-refractivity contribution in [3.8, 4) is 5.75 Å². The molecule has 0 bridgehead atoms. The zero-order valence-corrected chi connectivity index (χ0v) is 11.9. The second-order valence-corrected chi connectivity index (χ2v) is 4.14. The predicted molar refractivity (Wildman–Crippen MR) is 76.4 cm³/mol. The highest BCUT2D eigenvalue weighted by Crippen LogP contribution is 2.23. The van der Waals surface area contributed by atoms with E-state index in [9.17, 15) is 9.90 Å². The van der Waals surface area contributed by atoms with Gasteiger partial charge in [-0.3, -0.25) is 4.79 Å². The molecule has 0 heterocycles. The van der Waals surface area contributed by atoms with Gasteiger partial charge in [0, 0.05) is 24.6 Å². The summed E-state index contributed by atoms with van der Waals surface area (Å²) < 4.78 is 5.15. The molecular formula is C13H21ClN2O3. The summed E-state index contributed by atoms with van der Waals surface area (Å²) in [6, 6.07) is 7.17. The quantitative estimate of drug-likeness (QED) is 0.725. The van der Waals surface area contributed by atoms with Crippen molar-refractivity contribution in [2.24, 2.45) is 11.7 Å². The maximum atomic E-state index is 11.5. The van der Waals surface area contributed by atoms with Crippen LogP contribution < -0.4 is 15.8 Å². The first kappa shape index (κ1) is 17.7. The SMILES string of the molecule is COc1ccccc1C(O)CNC(=O)C(C)CN.Cl. The molecule has 2 unspecified atom stereocenters. The van der Waals surface area contributed by atoms with Crippen molar-refractivity contribution < 1.29 is 14.6 Å². The number of hydrogen-bond donors (Lipinski definition) is 3. The van der Waals surface area contributed by atoms with Crippen LogP contribution in [0.15, 0.2) is 24.3 Å². The maximum absolute atomic E-state index is 11.5. The fraction of sp³-hybridized carbons (Fsp3) is 0.462. The van der Waals surface area contributed by atoms with Crippen LogP contribution in [0.25, 0.3) is 0 Å². The van der Waals surface area contributed by atoms with Crippen LogP contribution >= 0.6 is 12.4 Å². The number of halogens is 1. The molecule has 0 aliphatic heterocycles. The predicted octanol–water partition coefficient (Wildman–Crippen LogP) is 0.861. The van der Waals surface area contributed by atoms with Crippen LogP contribution in [0.2, 0.25) is 0 Å². The minimum absolute atomic E-state index is 0. The number of benzene rings is 1. The van der Waals surface area contributed by atoms with Crippen LogP contribution in [0.3, 0.4) is 0 Å². The Hall–Kier alpha value is -1.30. The molecule has 0 aliphatic carbocycles. The van der Waals surface area contributed by atoms with Gasteiger partial charge < -0.3 is 20.9 Å². The summed E-state index contributed by atoms with van der Waals surface area (Å²) in [4.78, 5) is 11.5. The first-order chi connectivity index (χ1) is 8.60. The van der Waals surface area contributed by atoms with Gasteiger partial charge in [0.2, 0.25) is 5.91 Å². The fourth-order valence-electron chi connectivity index (χ4n) is 1.53. The number of hydrogen-bond acceptors (Lipinski definition) is 4. The van der Waals surface area contributed by atoms with Crippen molar-refractivity contribution in [2.45, 2.75) is 13.0 Å². The third-order valence-corrected chi connectivity index (χ3v) is 2.77. The molecule has 1 aromatic carbocycles. The van der Waals surface area contributed by atoms with Gasteiger partial charge in [-0.05, 0) is 6.07 Å². The lowest BCUT2D eigenvalue weighted by Crippen LogP contribution is -2.35. The maximum Gasteiger partial charge on any atom is 0.224 e. The molecule has 6 heteroatoms. The minimum Gasteiger partial charge on any atom is -0.496 e. The van der Waals surface area contributed by atoms with E-state index in [2.05, 4.69) is 5.32 Å². The summed E-state index contributed by atoms with van der Waals surface area (Å²) in [6.07, 6.45) is -0.796. The Kier molecular flexibility index (Phi) is 8.14. The summed E-state index contributed by atoms with van der Waals surface area (Å²) in [5.74, 6) is 0.187. The highest BCUT2D eigenvalue weighted by molar-refractivity contribution is 5.85. The van der Waals surface area contributed by atoms with E-state index < -0.39 is 6.10 Å². The van der Waals surface area contributed by atoms with Gasteiger partial charge in [-0.2, -0.15) is 0 Å². The van der Waals surface area contributed by atoms with E-state index in [1.807, 2.05) is 12.1 Å². The molecule has 0 saturated carbocycles. The lowest BCUT2D eigenvalue weighted by molar-refractivity contribution is -0.124. The number of para-hydroxylation sites is 1. The van der Waals surface area contributed by atoms with E-state index in [4.69, 9.17) is 10.5 Å². The van der Waals surface area contributed by atoms with Gasteiger partial charge in [0.05, 0.1) is 13.2 Å². The second kappa shape index (κ2) is 8.74. The number of rotatable bonds is 6. The van der Waals surface area contributed by atoms with Gasteiger partial charge in [0.1, 0.15) is 5.75 Å². The van der Waals surface area contributed by atoms with E-state index in [0.29, 0.717) is 11.3 Å². The molecule has 0 aliphatic rings. The van der Waals surface area contributed by atoms with Crippen LogP contribution in [-0.4, -0.2) is 31.2 Å². The molecule has 2 atom stereocenters. The number of nitrogens with two attached hydrogens (primary N) is 1. The molecule has 1 aromatic rings. The van der Waals surface area contributed by atoms with Crippen LogP contribution in [0, 0.1) is 5.92 Å². The average molecular weight is 289 g/mol. The standard InChI is InChI=1S/C13H20N2O3.ClH/c1-9(7-14)13(17)15-8-11(16)10-5-3-4-6-12(10)18-2;/h3-6,9,11,16H,7-8,14H2,1-2H3,(H,15,17);1H. The summed E-state index contributed by atoms with van der Waals surface area (Å²) in [5, 5.41) is 12.7. The molecule has 0 radical (unpaired) electrons. The Bertz CT molecular complexity index is 401. The van der Waals surface area contributed by atoms with Crippen molar-refractivity contribution in [1.29, 1.82) is 0 Å². The lowest BCUT2D eigenvalue weighted by Gasteiger charge is -2.16. The Morgan fingerprint density at radius 3 is 2.68 bits per heavy atom. The monoisotopic (exact) mass is 288 g/mol. The number of nitrogens with one attached hydrogen (secondary N) is 1. The van der Waals surface area contributed by atoms with Gasteiger partial charge in [-0.1, -0.05) is 25.1 Å². The first-order valence-corrected chi connectivity index (χ1v) is 5.89. The number of aliphatic hydroxyl groups is 1. The second-order valence-electron chi connectivity index (χ2n) is 4.14. The molecule has 0 spiro atoms. The van der Waals surface area contributed by atoms with Crippen molar-refractivity contribution in [2.75, 3.05) is 20.2 Å². The molecule has 1 amide bonds. The molecule has 0 fully saturated rings. The number of methoxy groups -OCH3 is 1. The first-order valence-electron chi connectivity index (χ1n) is 5.89. The van der Waals surface area contributed by atoms with E-state index in [-0.39, 0.29) is 37.3 Å². The summed E-state index contributed by atoms with van der Waals surface area (Å²) >= 11 is 0. The largest absolute Gasteiger partial charge is 0.496 e. The Morgan fingerprint density at radius 2 is 2.11 bits per heavy atom. The summed E-state index contributed by atoms with van der Waals surface area (Å²) in [7, 11) is 1.54. The van der Waals surface area contributed by atoms with Crippen LogP contribution in [0.1, 0.15) is 18.6 Å². The lowest BCUT2D eigenvalue weighted by atomic mass is 10.1. The van der Waals surface area contributed by atoms with Crippen molar-refractivity contribution in [3.05, 3.63) is 29.8 Å². The summed E-state index contributed by atoms with van der Waals surface area (Å²) in [6.45, 7) is 2.17. The van der Waals surface area contributed by atoms with Crippen molar-refractivity contribution in [1.82, 2.24) is 5.32 Å². The number of aliphatic hydroxyl groups excluding tert-OH is 1. The number of carbonyl (C=O) groups excluding carboxylic acids is 1. The Labute approximate surface area is 119 Å². The third-order valence-electron chi connectivity index (χ3n) is 2.77. The number of amides is 1. The average Bonchev–Trinajstić information content (AvgIpc) is 2.43. The topological polar surface area (TPSA) is 84.6 Å². The molecule has 1 rings (SSSR count). The van der Waals surface area contributed by atoms with Gasteiger partial charge in [0.25, 0.3) is 0 Å². The zero-order chi connectivity index (χ0) is 13.5. The normalized spacial score (nSPS) is 13.1. The fourth-order valence-corrected chi connectivity index (χ4v) is 1.53. The van der Waals surface area contributed by atoms with Gasteiger partial charge in [0.15, 0.2) is 0 Å². The van der Waals surface area contributed by atoms with Crippen LogP contribution in [0.5, 0.6) is 5.75 Å². The molecule has 108 valence electrons. The van der Waals surface area contributed by atoms with Crippen molar-refractivity contribution >= 4 is 18.3 Å². The number of carbonyl (C=O) groups is 1. The third kappa shape index (κ3) is 5.06. The van der Waals surface area contributed by atoms with Gasteiger partial charge in [-0.25, -0.2) is 0 Å². The van der Waals surface area contributed by atoms with E-state index >= 15 is 0 Å². The van der Waals surface area contributed by atoms with Crippen LogP contribution in [0.4, 0.5) is 0 Å². The van der Waals surface area contributed by atoms with Gasteiger partial charge in [-0.15, -0.1) is 12.4 Å². The molecule has 0 aromatic heterocycles. The highest BCUT2D eigenvalue weighted by Gasteiger charge is 2.16. The summed E-state index contributed by atoms with van der Waals surface area (Å²) in [5.41, 5.74) is 6.05. The van der Waals surface area contributed by atoms with Crippen LogP contribution in [-0.2, 0) is 4.79 Å². The molecule has 5 nitrogen and oxygen atoms in total. The molecule has 19 heavy (non-hydrogen) atoms. The van der Waals surface area contributed by atoms with Crippen molar-refractivity contribution in [3.63, 3.8) is 0 Å². The molecular weight excluding hydrogens is 268 g/mol.